The zero-order chi connectivity index (χ0) is 18.1. The third-order valence-electron chi connectivity index (χ3n) is 4.79. The second-order valence-corrected chi connectivity index (χ2v) is 6.69. The van der Waals surface area contributed by atoms with E-state index in [1.807, 2.05) is 49.1 Å². The van der Waals surface area contributed by atoms with Crippen LogP contribution in [0.4, 0.5) is 0 Å². The van der Waals surface area contributed by atoms with E-state index in [1.54, 1.807) is 19.0 Å². The van der Waals surface area contributed by atoms with Gasteiger partial charge in [-0.15, -0.1) is 0 Å². The summed E-state index contributed by atoms with van der Waals surface area (Å²) in [5, 5.41) is 1.09. The first-order chi connectivity index (χ1) is 11.9. The number of pyridine rings is 2. The molecule has 5 nitrogen and oxygen atoms in total. The van der Waals surface area contributed by atoms with Gasteiger partial charge in [0.25, 0.3) is 0 Å². The van der Waals surface area contributed by atoms with Crippen LogP contribution in [0.1, 0.15) is 35.5 Å². The molecule has 1 unspecified atom stereocenters. The lowest BCUT2D eigenvalue weighted by molar-refractivity contribution is -0.131. The van der Waals surface area contributed by atoms with Gasteiger partial charge in [0.15, 0.2) is 0 Å². The standard InChI is InChI=1S/C20H24N4O/c1-13-6-9-21-14(2)17(13)12-18-16-8-11-24(19(16)7-10-22-18)15(3)20(25)23(4)5/h6-11,15H,12H2,1-5H3. The van der Waals surface area contributed by atoms with Gasteiger partial charge in [-0.3, -0.25) is 14.8 Å². The lowest BCUT2D eigenvalue weighted by Crippen LogP contribution is -2.29. The molecule has 0 fully saturated rings. The van der Waals surface area contributed by atoms with Gasteiger partial charge in [0.1, 0.15) is 6.04 Å². The quantitative estimate of drug-likeness (QED) is 0.734. The molecule has 0 aromatic carbocycles. The summed E-state index contributed by atoms with van der Waals surface area (Å²) in [4.78, 5) is 23.0. The minimum atomic E-state index is -0.246. The number of rotatable bonds is 4. The van der Waals surface area contributed by atoms with Gasteiger partial charge in [-0.05, 0) is 50.1 Å². The van der Waals surface area contributed by atoms with Crippen LogP contribution >= 0.6 is 0 Å². The Labute approximate surface area is 148 Å². The molecule has 3 rings (SSSR count). The molecule has 0 saturated carbocycles. The Morgan fingerprint density at radius 3 is 2.56 bits per heavy atom. The van der Waals surface area contributed by atoms with Crippen LogP contribution in [-0.2, 0) is 11.2 Å². The Morgan fingerprint density at radius 2 is 1.88 bits per heavy atom. The summed E-state index contributed by atoms with van der Waals surface area (Å²) in [5.41, 5.74) is 5.52. The fourth-order valence-electron chi connectivity index (χ4n) is 3.28. The van der Waals surface area contributed by atoms with E-state index in [9.17, 15) is 4.79 Å². The summed E-state index contributed by atoms with van der Waals surface area (Å²) in [6.45, 7) is 6.07. The monoisotopic (exact) mass is 336 g/mol. The van der Waals surface area contributed by atoms with Gasteiger partial charge in [-0.2, -0.15) is 0 Å². The van der Waals surface area contributed by atoms with Crippen LogP contribution in [0.5, 0.6) is 0 Å². The highest BCUT2D eigenvalue weighted by molar-refractivity contribution is 5.86. The van der Waals surface area contributed by atoms with Crippen molar-refractivity contribution in [3.63, 3.8) is 0 Å². The normalized spacial score (nSPS) is 12.4. The summed E-state index contributed by atoms with van der Waals surface area (Å²) in [6, 6.07) is 5.81. The van der Waals surface area contributed by atoms with Gasteiger partial charge in [0.2, 0.25) is 5.91 Å². The molecule has 25 heavy (non-hydrogen) atoms. The highest BCUT2D eigenvalue weighted by Gasteiger charge is 2.19. The van der Waals surface area contributed by atoms with Gasteiger partial charge in [-0.1, -0.05) is 0 Å². The fourth-order valence-corrected chi connectivity index (χ4v) is 3.28. The molecule has 0 bridgehead atoms. The van der Waals surface area contributed by atoms with Crippen LogP contribution in [0, 0.1) is 13.8 Å². The lowest BCUT2D eigenvalue weighted by Gasteiger charge is -2.19. The van der Waals surface area contributed by atoms with Gasteiger partial charge in [-0.25, -0.2) is 0 Å². The third kappa shape index (κ3) is 3.14. The number of hydrogen-bond acceptors (Lipinski definition) is 3. The van der Waals surface area contributed by atoms with Gasteiger partial charge >= 0.3 is 0 Å². The SMILES string of the molecule is Cc1ccnc(C)c1Cc1nccc2c1ccn2C(C)C(=O)N(C)C. The molecule has 1 amide bonds. The number of hydrogen-bond donors (Lipinski definition) is 0. The van der Waals surface area contributed by atoms with E-state index in [-0.39, 0.29) is 11.9 Å². The summed E-state index contributed by atoms with van der Waals surface area (Å²) in [6.07, 6.45) is 6.38. The summed E-state index contributed by atoms with van der Waals surface area (Å²) >= 11 is 0. The first kappa shape index (κ1) is 17.1. The Bertz CT molecular complexity index is 906. The van der Waals surface area contributed by atoms with Crippen LogP contribution in [0.15, 0.2) is 36.8 Å². The Morgan fingerprint density at radius 1 is 1.16 bits per heavy atom. The number of nitrogens with zero attached hydrogens (tertiary/aromatic N) is 4. The van der Waals surface area contributed by atoms with E-state index in [2.05, 4.69) is 23.0 Å². The third-order valence-corrected chi connectivity index (χ3v) is 4.79. The number of aryl methyl sites for hydroxylation is 2. The maximum atomic E-state index is 12.3. The molecule has 0 saturated heterocycles. The van der Waals surface area contributed by atoms with E-state index in [1.165, 1.54) is 11.1 Å². The van der Waals surface area contributed by atoms with Crippen molar-refractivity contribution in [2.75, 3.05) is 14.1 Å². The maximum absolute atomic E-state index is 12.3. The molecule has 5 heteroatoms. The Balaban J connectivity index is 2.03. The van der Waals surface area contributed by atoms with Gasteiger partial charge in [0, 0.05) is 50.2 Å². The first-order valence-corrected chi connectivity index (χ1v) is 8.46. The lowest BCUT2D eigenvalue weighted by atomic mass is 10.0. The zero-order valence-electron chi connectivity index (χ0n) is 15.4. The molecule has 0 spiro atoms. The van der Waals surface area contributed by atoms with Crippen LogP contribution < -0.4 is 0 Å². The first-order valence-electron chi connectivity index (χ1n) is 8.46. The van der Waals surface area contributed by atoms with Crippen molar-refractivity contribution >= 4 is 16.8 Å². The van der Waals surface area contributed by atoms with E-state index < -0.39 is 0 Å². The number of carbonyl (C=O) groups excluding carboxylic acids is 1. The second-order valence-electron chi connectivity index (χ2n) is 6.69. The molecule has 3 aromatic rings. The van der Waals surface area contributed by atoms with Gasteiger partial charge < -0.3 is 9.47 Å². The summed E-state index contributed by atoms with van der Waals surface area (Å²) in [5.74, 6) is 0.0785. The molecule has 0 aliphatic carbocycles. The molecule has 0 aliphatic heterocycles. The smallest absolute Gasteiger partial charge is 0.244 e. The molecule has 0 aliphatic rings. The zero-order valence-corrected chi connectivity index (χ0v) is 15.4. The van der Waals surface area contributed by atoms with E-state index in [4.69, 9.17) is 0 Å². The minimum Gasteiger partial charge on any atom is -0.347 e. The van der Waals surface area contributed by atoms with E-state index in [0.29, 0.717) is 0 Å². The number of carbonyl (C=O) groups is 1. The number of aromatic nitrogens is 3. The number of amides is 1. The average Bonchev–Trinajstić information content (AvgIpc) is 3.01. The Hall–Kier alpha value is -2.69. The van der Waals surface area contributed by atoms with Crippen LogP contribution in [-0.4, -0.2) is 39.4 Å². The molecule has 3 aromatic heterocycles. The predicted molar refractivity (Wildman–Crippen MR) is 99.7 cm³/mol. The molecule has 1 atom stereocenters. The topological polar surface area (TPSA) is 51.0 Å². The van der Waals surface area contributed by atoms with Crippen LogP contribution in [0.3, 0.4) is 0 Å². The van der Waals surface area contributed by atoms with Crippen LogP contribution in [0.25, 0.3) is 10.9 Å². The van der Waals surface area contributed by atoms with Crippen molar-refractivity contribution in [2.24, 2.45) is 0 Å². The second kappa shape index (κ2) is 6.67. The van der Waals surface area contributed by atoms with Crippen molar-refractivity contribution in [3.8, 4) is 0 Å². The molecule has 3 heterocycles. The number of fused-ring (bicyclic) bond motifs is 1. The van der Waals surface area contributed by atoms with E-state index in [0.717, 1.165) is 28.7 Å². The molecular formula is C20H24N4O. The van der Waals surface area contributed by atoms with Gasteiger partial charge in [0.05, 0.1) is 11.2 Å². The Kier molecular flexibility index (Phi) is 4.57. The molecule has 0 N–H and O–H groups in total. The minimum absolute atomic E-state index is 0.0785. The van der Waals surface area contributed by atoms with Crippen molar-refractivity contribution in [1.29, 1.82) is 0 Å². The maximum Gasteiger partial charge on any atom is 0.244 e. The fraction of sp³-hybridized carbons (Fsp3) is 0.350. The van der Waals surface area contributed by atoms with Crippen molar-refractivity contribution in [1.82, 2.24) is 19.4 Å². The predicted octanol–water partition coefficient (Wildman–Crippen LogP) is 3.29. The average molecular weight is 336 g/mol. The summed E-state index contributed by atoms with van der Waals surface area (Å²) < 4.78 is 2.02. The van der Waals surface area contributed by atoms with Crippen molar-refractivity contribution < 1.29 is 4.79 Å². The number of likely N-dealkylation sites (N-methyl/N-ethyl adjacent to an activating group) is 1. The molecule has 0 radical (unpaired) electrons. The van der Waals surface area contributed by atoms with Crippen molar-refractivity contribution in [2.45, 2.75) is 33.2 Å². The molecule has 130 valence electrons. The highest BCUT2D eigenvalue weighted by atomic mass is 16.2. The highest BCUT2D eigenvalue weighted by Crippen LogP contribution is 2.25. The van der Waals surface area contributed by atoms with E-state index >= 15 is 0 Å². The largest absolute Gasteiger partial charge is 0.347 e. The van der Waals surface area contributed by atoms with Crippen molar-refractivity contribution in [3.05, 3.63) is 59.3 Å². The molecular weight excluding hydrogens is 312 g/mol. The summed E-state index contributed by atoms with van der Waals surface area (Å²) in [7, 11) is 3.57. The van der Waals surface area contributed by atoms with Crippen LogP contribution in [0.2, 0.25) is 0 Å².